The van der Waals surface area contributed by atoms with Gasteiger partial charge in [0.25, 0.3) is 0 Å². The highest BCUT2D eigenvalue weighted by atomic mass is 31.2. The van der Waals surface area contributed by atoms with Gasteiger partial charge in [-0.2, -0.15) is 0 Å². The number of nitrogens with two attached hydrogens (primary N) is 1. The summed E-state index contributed by atoms with van der Waals surface area (Å²) >= 11 is 0. The third-order valence-electron chi connectivity index (χ3n) is 8.36. The SMILES string of the molecule is CCC=CCC=CCC=CCC=CCC=CCCCCCC(=O)O[C@H](COC=CCCCCCCC=CCCCCCCCC)COP(=O)(O)OCCN. The second-order valence-electron chi connectivity index (χ2n) is 13.5. The van der Waals surface area contributed by atoms with Gasteiger partial charge in [0, 0.05) is 13.0 Å². The van der Waals surface area contributed by atoms with Crippen molar-refractivity contribution >= 4 is 13.8 Å². The van der Waals surface area contributed by atoms with Gasteiger partial charge in [0.2, 0.25) is 0 Å². The summed E-state index contributed by atoms with van der Waals surface area (Å²) in [5.41, 5.74) is 5.36. The molecule has 1 unspecified atom stereocenters. The Morgan fingerprint density at radius 3 is 1.59 bits per heavy atom. The third-order valence-corrected chi connectivity index (χ3v) is 9.34. The van der Waals surface area contributed by atoms with Crippen LogP contribution in [0.15, 0.2) is 85.3 Å². The number of hydrogen-bond donors (Lipinski definition) is 2. The van der Waals surface area contributed by atoms with Gasteiger partial charge in [-0.15, -0.1) is 0 Å². The minimum absolute atomic E-state index is 0.00821. The number of rotatable bonds is 39. The van der Waals surface area contributed by atoms with Crippen LogP contribution < -0.4 is 5.73 Å². The van der Waals surface area contributed by atoms with Gasteiger partial charge in [0.05, 0.1) is 19.5 Å². The highest BCUT2D eigenvalue weighted by Crippen LogP contribution is 2.43. The van der Waals surface area contributed by atoms with Crippen LogP contribution in [0.4, 0.5) is 0 Å². The van der Waals surface area contributed by atoms with E-state index in [-0.39, 0.29) is 38.8 Å². The molecule has 310 valence electrons. The normalized spacial score (nSPS) is 14.3. The number of carbonyl (C=O) groups excluding carboxylic acids is 1. The first-order chi connectivity index (χ1) is 26.4. The number of carbonyl (C=O) groups is 1. The Morgan fingerprint density at radius 1 is 0.593 bits per heavy atom. The van der Waals surface area contributed by atoms with Gasteiger partial charge in [0.15, 0.2) is 6.10 Å². The fourth-order valence-corrected chi connectivity index (χ4v) is 6.04. The molecular weight excluding hydrogens is 697 g/mol. The number of allylic oxidation sites excluding steroid dienone is 13. The second-order valence-corrected chi connectivity index (χ2v) is 15.0. The first-order valence-electron chi connectivity index (χ1n) is 21.1. The highest BCUT2D eigenvalue weighted by molar-refractivity contribution is 7.47. The molecule has 3 N–H and O–H groups in total. The van der Waals surface area contributed by atoms with Crippen molar-refractivity contribution in [3.8, 4) is 0 Å². The number of ether oxygens (including phenoxy) is 2. The zero-order chi connectivity index (χ0) is 39.5. The molecule has 2 atom stereocenters. The molecule has 0 spiro atoms. The van der Waals surface area contributed by atoms with E-state index in [0.717, 1.165) is 70.6 Å². The van der Waals surface area contributed by atoms with Crippen molar-refractivity contribution in [1.82, 2.24) is 0 Å². The van der Waals surface area contributed by atoms with E-state index in [0.29, 0.717) is 6.42 Å². The van der Waals surface area contributed by atoms with E-state index in [1.54, 1.807) is 6.26 Å². The van der Waals surface area contributed by atoms with Crippen LogP contribution in [0.2, 0.25) is 0 Å². The van der Waals surface area contributed by atoms with E-state index in [4.69, 9.17) is 24.3 Å². The molecule has 0 radical (unpaired) electrons. The Labute approximate surface area is 330 Å². The molecule has 0 saturated heterocycles. The summed E-state index contributed by atoms with van der Waals surface area (Å²) in [7, 11) is -4.31. The molecule has 0 fully saturated rings. The van der Waals surface area contributed by atoms with E-state index in [9.17, 15) is 14.3 Å². The van der Waals surface area contributed by atoms with Gasteiger partial charge in [-0.25, -0.2) is 4.57 Å². The van der Waals surface area contributed by atoms with Crippen LogP contribution in [0, 0.1) is 0 Å². The predicted octanol–water partition coefficient (Wildman–Crippen LogP) is 12.9. The van der Waals surface area contributed by atoms with Gasteiger partial charge in [-0.05, 0) is 96.0 Å². The zero-order valence-corrected chi connectivity index (χ0v) is 35.1. The lowest BCUT2D eigenvalue weighted by molar-refractivity contribution is -0.153. The number of phosphoric acid groups is 1. The highest BCUT2D eigenvalue weighted by Gasteiger charge is 2.25. The lowest BCUT2D eigenvalue weighted by Gasteiger charge is -2.19. The van der Waals surface area contributed by atoms with E-state index in [2.05, 4.69) is 86.8 Å². The molecule has 0 aliphatic heterocycles. The van der Waals surface area contributed by atoms with Crippen molar-refractivity contribution in [3.05, 3.63) is 85.3 Å². The summed E-state index contributed by atoms with van der Waals surface area (Å²) in [4.78, 5) is 22.4. The standard InChI is InChI=1S/C45H78NO7P/c1-3-5-7-9-11-13-15-17-19-21-22-23-24-26-28-30-32-34-36-38-45(47)53-44(43-52-54(48,49)51-41-39-46)42-50-40-37-35-33-31-29-27-25-20-18-16-14-12-10-8-6-4-2/h5,7,11,13,17-20,22-23,26,28,37,40,44H,3-4,6,8-10,12,14-16,21,24-25,27,29-36,38-39,41-43,46H2,1-2H3,(H,48,49)/t44-/m1/s1. The smallest absolute Gasteiger partial charge is 0.472 e. The van der Waals surface area contributed by atoms with Crippen LogP contribution in [-0.2, 0) is 27.9 Å². The molecule has 0 rings (SSSR count). The van der Waals surface area contributed by atoms with Crippen molar-refractivity contribution < 1.29 is 32.8 Å². The molecule has 0 aliphatic carbocycles. The molecule has 0 bridgehead atoms. The van der Waals surface area contributed by atoms with Gasteiger partial charge in [-0.3, -0.25) is 13.8 Å². The molecule has 8 nitrogen and oxygen atoms in total. The lowest BCUT2D eigenvalue weighted by Crippen LogP contribution is -2.27. The van der Waals surface area contributed by atoms with Gasteiger partial charge >= 0.3 is 13.8 Å². The second kappa shape index (κ2) is 41.7. The third kappa shape index (κ3) is 40.7. The summed E-state index contributed by atoms with van der Waals surface area (Å²) in [6, 6.07) is 0. The Morgan fingerprint density at radius 2 is 1.06 bits per heavy atom. The van der Waals surface area contributed by atoms with Crippen LogP contribution in [0.1, 0.15) is 162 Å². The fourth-order valence-electron chi connectivity index (χ4n) is 5.28. The fraction of sp³-hybridized carbons (Fsp3) is 0.667. The summed E-state index contributed by atoms with van der Waals surface area (Å²) in [5.74, 6) is -0.390. The topological polar surface area (TPSA) is 117 Å². The quantitative estimate of drug-likeness (QED) is 0.0208. The molecule has 0 amide bonds. The van der Waals surface area contributed by atoms with Crippen LogP contribution in [-0.4, -0.2) is 43.3 Å². The lowest BCUT2D eigenvalue weighted by atomic mass is 10.1. The molecule has 0 aromatic heterocycles. The van der Waals surface area contributed by atoms with Gasteiger partial charge in [0.1, 0.15) is 6.61 Å². The molecule has 0 aliphatic rings. The van der Waals surface area contributed by atoms with Gasteiger partial charge < -0.3 is 20.1 Å². The number of unbranched alkanes of at least 4 members (excludes halogenated alkanes) is 14. The van der Waals surface area contributed by atoms with Crippen LogP contribution >= 0.6 is 7.82 Å². The van der Waals surface area contributed by atoms with E-state index in [1.807, 2.05) is 6.08 Å². The summed E-state index contributed by atoms with van der Waals surface area (Å²) in [6.45, 7) is 4.05. The number of hydrogen-bond acceptors (Lipinski definition) is 7. The summed E-state index contributed by atoms with van der Waals surface area (Å²) in [6.07, 6.45) is 54.1. The Kier molecular flexibility index (Phi) is 39.8. The van der Waals surface area contributed by atoms with E-state index < -0.39 is 13.9 Å². The zero-order valence-electron chi connectivity index (χ0n) is 34.2. The minimum Gasteiger partial charge on any atom is -0.498 e. The monoisotopic (exact) mass is 776 g/mol. The van der Waals surface area contributed by atoms with Crippen molar-refractivity contribution in [2.75, 3.05) is 26.4 Å². The maximum atomic E-state index is 12.6. The van der Waals surface area contributed by atoms with Crippen molar-refractivity contribution in [2.45, 2.75) is 168 Å². The molecule has 0 heterocycles. The average molecular weight is 776 g/mol. The van der Waals surface area contributed by atoms with Crippen molar-refractivity contribution in [3.63, 3.8) is 0 Å². The van der Waals surface area contributed by atoms with E-state index in [1.165, 1.54) is 64.2 Å². The summed E-state index contributed by atoms with van der Waals surface area (Å²) in [5, 5.41) is 0. The van der Waals surface area contributed by atoms with Crippen LogP contribution in [0.25, 0.3) is 0 Å². The molecule has 9 heteroatoms. The maximum Gasteiger partial charge on any atom is 0.472 e. The van der Waals surface area contributed by atoms with Crippen molar-refractivity contribution in [2.24, 2.45) is 5.73 Å². The first kappa shape index (κ1) is 51.5. The van der Waals surface area contributed by atoms with Crippen LogP contribution in [0.5, 0.6) is 0 Å². The molecule has 0 aromatic rings. The van der Waals surface area contributed by atoms with Crippen LogP contribution in [0.3, 0.4) is 0 Å². The maximum absolute atomic E-state index is 12.6. The largest absolute Gasteiger partial charge is 0.498 e. The molecule has 0 aromatic carbocycles. The predicted molar refractivity (Wildman–Crippen MR) is 228 cm³/mol. The average Bonchev–Trinajstić information content (AvgIpc) is 3.16. The summed E-state index contributed by atoms with van der Waals surface area (Å²) < 4.78 is 33.1. The van der Waals surface area contributed by atoms with Crippen molar-refractivity contribution in [1.29, 1.82) is 0 Å². The Bertz CT molecular complexity index is 1100. The number of esters is 1. The first-order valence-corrected chi connectivity index (χ1v) is 22.6. The molecular formula is C45H78NO7P. The van der Waals surface area contributed by atoms with Gasteiger partial charge in [-0.1, -0.05) is 138 Å². The molecule has 54 heavy (non-hydrogen) atoms. The molecule has 0 saturated carbocycles. The number of phosphoric ester groups is 1. The minimum atomic E-state index is -4.31. The van der Waals surface area contributed by atoms with E-state index >= 15 is 0 Å². The Balaban J connectivity index is 4.21. The Hall–Kier alpha value is -2.48.